The Hall–Kier alpha value is -6.07. The Bertz CT molecular complexity index is 2260. The van der Waals surface area contributed by atoms with Crippen LogP contribution in [0.3, 0.4) is 0 Å². The molecule has 4 aromatic carbocycles. The van der Waals surface area contributed by atoms with Gasteiger partial charge in [-0.2, -0.15) is 0 Å². The molecule has 1 aliphatic heterocycles. The summed E-state index contributed by atoms with van der Waals surface area (Å²) in [5, 5.41) is 0. The molecule has 47 heavy (non-hydrogen) atoms. The molecular formula is C42H29N3O2. The van der Waals surface area contributed by atoms with Crippen LogP contribution in [0.2, 0.25) is 0 Å². The van der Waals surface area contributed by atoms with E-state index in [9.17, 15) is 0 Å². The summed E-state index contributed by atoms with van der Waals surface area (Å²) in [7, 11) is 0. The van der Waals surface area contributed by atoms with Crippen LogP contribution in [-0.4, -0.2) is 15.0 Å². The Kier molecular flexibility index (Phi) is 6.09. The van der Waals surface area contributed by atoms with Gasteiger partial charge in [0.25, 0.3) is 0 Å². The van der Waals surface area contributed by atoms with Crippen LogP contribution in [-0.2, 0) is 5.41 Å². The number of hydrogen-bond acceptors (Lipinski definition) is 5. The minimum Gasteiger partial charge on any atom is -0.449 e. The molecule has 0 atom stereocenters. The predicted molar refractivity (Wildman–Crippen MR) is 186 cm³/mol. The molecule has 5 nitrogen and oxygen atoms in total. The molecule has 5 heteroatoms. The van der Waals surface area contributed by atoms with Crippen molar-refractivity contribution >= 4 is 0 Å². The summed E-state index contributed by atoms with van der Waals surface area (Å²) in [6.07, 6.45) is 3.58. The van der Waals surface area contributed by atoms with E-state index in [0.717, 1.165) is 56.5 Å². The number of rotatable bonds is 4. The first-order valence-corrected chi connectivity index (χ1v) is 15.8. The lowest BCUT2D eigenvalue weighted by Crippen LogP contribution is -2.15. The van der Waals surface area contributed by atoms with Gasteiger partial charge < -0.3 is 9.47 Å². The average Bonchev–Trinajstić information content (AvgIpc) is 3.35. The summed E-state index contributed by atoms with van der Waals surface area (Å²) in [5.41, 5.74) is 12.4. The molecule has 3 aromatic heterocycles. The number of nitrogens with zero attached hydrogens (tertiary/aromatic N) is 3. The van der Waals surface area contributed by atoms with Gasteiger partial charge in [-0.25, -0.2) is 4.98 Å². The topological polar surface area (TPSA) is 57.1 Å². The van der Waals surface area contributed by atoms with Gasteiger partial charge in [-0.05, 0) is 105 Å². The van der Waals surface area contributed by atoms with E-state index in [4.69, 9.17) is 14.5 Å². The third-order valence-electron chi connectivity index (χ3n) is 9.26. The minimum atomic E-state index is -0.111. The first kappa shape index (κ1) is 27.3. The second kappa shape index (κ2) is 10.5. The molecule has 0 radical (unpaired) electrons. The largest absolute Gasteiger partial charge is 0.449 e. The van der Waals surface area contributed by atoms with Crippen LogP contribution in [0.25, 0.3) is 56.2 Å². The van der Waals surface area contributed by atoms with Crippen molar-refractivity contribution in [3.8, 4) is 79.2 Å². The van der Waals surface area contributed by atoms with Crippen molar-refractivity contribution in [3.05, 3.63) is 151 Å². The predicted octanol–water partition coefficient (Wildman–Crippen LogP) is 10.7. The standard InChI is InChI=1S/C42H29N3O2/c1-42(2)32-10-4-3-9-30(32)31-24-40-41(25-33(31)42)47-39-23-28(17-18-38(39)46-40)26-13-15-27(16-14-26)29-21-36(34-11-5-7-19-43-34)45-37(22-29)35-12-6-8-20-44-35/h3-25H,1-2H3. The molecule has 0 saturated heterocycles. The fourth-order valence-electron chi connectivity index (χ4n) is 6.80. The van der Waals surface area contributed by atoms with Crippen molar-refractivity contribution in [1.82, 2.24) is 15.0 Å². The van der Waals surface area contributed by atoms with Crippen molar-refractivity contribution in [2.75, 3.05) is 0 Å². The van der Waals surface area contributed by atoms with Crippen LogP contribution in [0.5, 0.6) is 23.0 Å². The molecule has 2 aliphatic rings. The zero-order valence-corrected chi connectivity index (χ0v) is 25.9. The van der Waals surface area contributed by atoms with Gasteiger partial charge in [-0.15, -0.1) is 0 Å². The second-order valence-corrected chi connectivity index (χ2v) is 12.5. The lowest BCUT2D eigenvalue weighted by Gasteiger charge is -2.25. The molecule has 0 N–H and O–H groups in total. The first-order chi connectivity index (χ1) is 23.0. The van der Waals surface area contributed by atoms with Gasteiger partial charge >= 0.3 is 0 Å². The van der Waals surface area contributed by atoms with E-state index in [1.807, 2.05) is 42.5 Å². The highest BCUT2D eigenvalue weighted by Crippen LogP contribution is 2.55. The zero-order valence-electron chi connectivity index (χ0n) is 25.9. The lowest BCUT2D eigenvalue weighted by molar-refractivity contribution is 0.359. The Morgan fingerprint density at radius 2 is 1.00 bits per heavy atom. The third-order valence-corrected chi connectivity index (χ3v) is 9.26. The third kappa shape index (κ3) is 4.59. The van der Waals surface area contributed by atoms with Crippen molar-refractivity contribution in [1.29, 1.82) is 0 Å². The second-order valence-electron chi connectivity index (χ2n) is 12.5. The van der Waals surface area contributed by atoms with Gasteiger partial charge in [0.15, 0.2) is 23.0 Å². The molecule has 0 spiro atoms. The van der Waals surface area contributed by atoms with E-state index in [2.05, 4.69) is 109 Å². The number of aromatic nitrogens is 3. The van der Waals surface area contributed by atoms with Crippen LogP contribution in [0.4, 0.5) is 0 Å². The molecule has 0 bridgehead atoms. The summed E-state index contributed by atoms with van der Waals surface area (Å²) < 4.78 is 12.9. The van der Waals surface area contributed by atoms with E-state index < -0.39 is 0 Å². The Morgan fingerprint density at radius 3 is 1.68 bits per heavy atom. The maximum Gasteiger partial charge on any atom is 0.170 e. The Labute approximate surface area is 273 Å². The van der Waals surface area contributed by atoms with E-state index in [1.165, 1.54) is 22.3 Å². The number of pyridine rings is 3. The fraction of sp³-hybridized carbons (Fsp3) is 0.0714. The highest BCUT2D eigenvalue weighted by Gasteiger charge is 2.37. The van der Waals surface area contributed by atoms with Gasteiger partial charge in [0.2, 0.25) is 0 Å². The van der Waals surface area contributed by atoms with Crippen molar-refractivity contribution in [2.45, 2.75) is 19.3 Å². The normalized spacial score (nSPS) is 13.4. The first-order valence-electron chi connectivity index (χ1n) is 15.8. The number of benzene rings is 4. The monoisotopic (exact) mass is 607 g/mol. The van der Waals surface area contributed by atoms with Crippen LogP contribution in [0, 0.1) is 0 Å². The van der Waals surface area contributed by atoms with Gasteiger partial charge in [0.05, 0.1) is 22.8 Å². The molecule has 9 rings (SSSR count). The average molecular weight is 608 g/mol. The zero-order chi connectivity index (χ0) is 31.5. The van der Waals surface area contributed by atoms with Crippen LogP contribution in [0.1, 0.15) is 25.0 Å². The van der Waals surface area contributed by atoms with Crippen LogP contribution in [0.15, 0.2) is 140 Å². The summed E-state index contributed by atoms with van der Waals surface area (Å²) in [5.74, 6) is 2.91. The highest BCUT2D eigenvalue weighted by atomic mass is 16.6. The van der Waals surface area contributed by atoms with Gasteiger partial charge in [0.1, 0.15) is 0 Å². The summed E-state index contributed by atoms with van der Waals surface area (Å²) in [4.78, 5) is 14.0. The quantitative estimate of drug-likeness (QED) is 0.199. The summed E-state index contributed by atoms with van der Waals surface area (Å²) in [6, 6.07) is 43.5. The lowest BCUT2D eigenvalue weighted by atomic mass is 9.82. The van der Waals surface area contributed by atoms with E-state index in [0.29, 0.717) is 11.5 Å². The van der Waals surface area contributed by atoms with Crippen LogP contribution >= 0.6 is 0 Å². The molecule has 4 heterocycles. The van der Waals surface area contributed by atoms with Crippen molar-refractivity contribution < 1.29 is 9.47 Å². The number of fused-ring (bicyclic) bond motifs is 5. The van der Waals surface area contributed by atoms with Crippen molar-refractivity contribution in [3.63, 3.8) is 0 Å². The SMILES string of the molecule is CC1(C)c2ccccc2-c2cc3c(cc21)Oc1cc(-c2ccc(-c4cc(-c5ccccn5)nc(-c5ccccn5)c4)cc2)ccc1O3. The molecule has 0 amide bonds. The maximum absolute atomic E-state index is 6.52. The van der Waals surface area contributed by atoms with E-state index >= 15 is 0 Å². The van der Waals surface area contributed by atoms with Crippen molar-refractivity contribution in [2.24, 2.45) is 0 Å². The Balaban J connectivity index is 1.03. The Morgan fingerprint density at radius 1 is 0.426 bits per heavy atom. The molecule has 224 valence electrons. The minimum absolute atomic E-state index is 0.111. The maximum atomic E-state index is 6.52. The molecule has 0 unspecified atom stereocenters. The number of ether oxygens (including phenoxy) is 2. The summed E-state index contributed by atoms with van der Waals surface area (Å²) in [6.45, 7) is 4.54. The molecule has 0 fully saturated rings. The van der Waals surface area contributed by atoms with E-state index in [1.54, 1.807) is 12.4 Å². The highest BCUT2D eigenvalue weighted by molar-refractivity contribution is 5.84. The smallest absolute Gasteiger partial charge is 0.170 e. The molecule has 0 saturated carbocycles. The van der Waals surface area contributed by atoms with Crippen LogP contribution < -0.4 is 9.47 Å². The molecule has 1 aliphatic carbocycles. The van der Waals surface area contributed by atoms with Gasteiger partial charge in [-0.1, -0.05) is 80.6 Å². The number of hydrogen-bond donors (Lipinski definition) is 0. The van der Waals surface area contributed by atoms with Gasteiger partial charge in [-0.3, -0.25) is 9.97 Å². The fourth-order valence-corrected chi connectivity index (χ4v) is 6.80. The molecular weight excluding hydrogens is 578 g/mol. The van der Waals surface area contributed by atoms with E-state index in [-0.39, 0.29) is 5.41 Å². The summed E-state index contributed by atoms with van der Waals surface area (Å²) >= 11 is 0. The van der Waals surface area contributed by atoms with Gasteiger partial charge in [0, 0.05) is 17.8 Å². The molecule has 7 aromatic rings.